The minimum absolute atomic E-state index is 0. The van der Waals surface area contributed by atoms with Crippen LogP contribution in [0.1, 0.15) is 16.7 Å². The molecular formula is C20H24IN5. The molecule has 2 N–H and O–H groups in total. The topological polar surface area (TPSA) is 54.2 Å². The van der Waals surface area contributed by atoms with E-state index in [1.807, 2.05) is 29.1 Å². The third-order valence-corrected chi connectivity index (χ3v) is 3.91. The summed E-state index contributed by atoms with van der Waals surface area (Å²) in [4.78, 5) is 4.29. The molecule has 6 heteroatoms. The Morgan fingerprint density at radius 2 is 1.69 bits per heavy atom. The first-order chi connectivity index (χ1) is 12.2. The highest BCUT2D eigenvalue weighted by Crippen LogP contribution is 2.09. The van der Waals surface area contributed by atoms with Crippen molar-refractivity contribution in [2.24, 2.45) is 4.99 Å². The first kappa shape index (κ1) is 20.0. The molecule has 1 heterocycles. The molecule has 0 atom stereocenters. The predicted molar refractivity (Wildman–Crippen MR) is 117 cm³/mol. The van der Waals surface area contributed by atoms with Gasteiger partial charge in [-0.3, -0.25) is 4.99 Å². The fourth-order valence-electron chi connectivity index (χ4n) is 2.64. The van der Waals surface area contributed by atoms with E-state index in [0.29, 0.717) is 6.54 Å². The average molecular weight is 461 g/mol. The Labute approximate surface area is 171 Å². The van der Waals surface area contributed by atoms with Gasteiger partial charge in [0.15, 0.2) is 5.96 Å². The maximum Gasteiger partial charge on any atom is 0.191 e. The molecule has 0 saturated heterocycles. The van der Waals surface area contributed by atoms with E-state index >= 15 is 0 Å². The van der Waals surface area contributed by atoms with Crippen molar-refractivity contribution in [3.63, 3.8) is 0 Å². The van der Waals surface area contributed by atoms with Crippen LogP contribution in [0.25, 0.3) is 5.69 Å². The zero-order valence-electron chi connectivity index (χ0n) is 15.0. The quantitative estimate of drug-likeness (QED) is 0.347. The van der Waals surface area contributed by atoms with Crippen molar-refractivity contribution < 1.29 is 0 Å². The third-order valence-electron chi connectivity index (χ3n) is 3.91. The Kier molecular flexibility index (Phi) is 7.65. The van der Waals surface area contributed by atoms with Gasteiger partial charge >= 0.3 is 0 Å². The van der Waals surface area contributed by atoms with Crippen LogP contribution in [0, 0.1) is 6.92 Å². The molecule has 2 aromatic carbocycles. The van der Waals surface area contributed by atoms with Gasteiger partial charge < -0.3 is 10.6 Å². The van der Waals surface area contributed by atoms with Crippen LogP contribution in [0.2, 0.25) is 0 Å². The molecule has 3 aromatic rings. The standard InChI is InChI=1S/C20H23N5.HI/c1-16-6-3-7-17(12-16)14-22-20(21-2)23-15-18-8-4-9-19(13-18)25-11-5-10-24-25;/h3-13H,14-15H2,1-2H3,(H2,21,22,23);1H. The van der Waals surface area contributed by atoms with E-state index in [1.165, 1.54) is 16.7 Å². The highest BCUT2D eigenvalue weighted by Gasteiger charge is 2.02. The molecule has 0 fully saturated rings. The van der Waals surface area contributed by atoms with Gasteiger partial charge in [0.25, 0.3) is 0 Å². The van der Waals surface area contributed by atoms with Gasteiger partial charge in [0.05, 0.1) is 5.69 Å². The molecule has 5 nitrogen and oxygen atoms in total. The number of rotatable bonds is 5. The van der Waals surface area contributed by atoms with Crippen molar-refractivity contribution in [2.75, 3.05) is 7.05 Å². The van der Waals surface area contributed by atoms with E-state index in [2.05, 4.69) is 64.0 Å². The van der Waals surface area contributed by atoms with Crippen molar-refractivity contribution in [1.29, 1.82) is 0 Å². The van der Waals surface area contributed by atoms with Crippen LogP contribution in [0.15, 0.2) is 72.0 Å². The number of aliphatic imine (C=N–C) groups is 1. The molecule has 0 aliphatic heterocycles. The lowest BCUT2D eigenvalue weighted by Crippen LogP contribution is -2.36. The number of hydrogen-bond acceptors (Lipinski definition) is 2. The molecule has 3 rings (SSSR count). The van der Waals surface area contributed by atoms with E-state index in [0.717, 1.165) is 18.2 Å². The van der Waals surface area contributed by atoms with Gasteiger partial charge in [-0.25, -0.2) is 4.68 Å². The van der Waals surface area contributed by atoms with Gasteiger partial charge in [0.1, 0.15) is 0 Å². The number of halogens is 1. The van der Waals surface area contributed by atoms with Crippen LogP contribution >= 0.6 is 24.0 Å². The van der Waals surface area contributed by atoms with Crippen LogP contribution < -0.4 is 10.6 Å². The number of aryl methyl sites for hydroxylation is 1. The molecule has 0 aliphatic rings. The van der Waals surface area contributed by atoms with Gasteiger partial charge in [-0.2, -0.15) is 5.10 Å². The normalized spacial score (nSPS) is 10.9. The van der Waals surface area contributed by atoms with Crippen molar-refractivity contribution >= 4 is 29.9 Å². The summed E-state index contributed by atoms with van der Waals surface area (Å²) in [5, 5.41) is 11.0. The molecular weight excluding hydrogens is 437 g/mol. The van der Waals surface area contributed by atoms with E-state index in [9.17, 15) is 0 Å². The van der Waals surface area contributed by atoms with Gasteiger partial charge in [0, 0.05) is 32.5 Å². The minimum atomic E-state index is 0. The highest BCUT2D eigenvalue weighted by atomic mass is 127. The largest absolute Gasteiger partial charge is 0.352 e. The van der Waals surface area contributed by atoms with Crippen LogP contribution in [0.3, 0.4) is 0 Å². The van der Waals surface area contributed by atoms with Crippen molar-refractivity contribution in [1.82, 2.24) is 20.4 Å². The zero-order valence-corrected chi connectivity index (χ0v) is 17.3. The molecule has 0 aliphatic carbocycles. The lowest BCUT2D eigenvalue weighted by molar-refractivity contribution is 0.805. The predicted octanol–water partition coefficient (Wildman–Crippen LogP) is 3.66. The summed E-state index contributed by atoms with van der Waals surface area (Å²) < 4.78 is 1.86. The maximum atomic E-state index is 4.29. The van der Waals surface area contributed by atoms with E-state index in [-0.39, 0.29) is 24.0 Å². The average Bonchev–Trinajstić information content (AvgIpc) is 3.17. The molecule has 0 bridgehead atoms. The number of guanidine groups is 1. The summed E-state index contributed by atoms with van der Waals surface area (Å²) >= 11 is 0. The molecule has 136 valence electrons. The number of benzene rings is 2. The van der Waals surface area contributed by atoms with E-state index in [4.69, 9.17) is 0 Å². The lowest BCUT2D eigenvalue weighted by atomic mass is 10.1. The van der Waals surface area contributed by atoms with Crippen LogP contribution in [-0.2, 0) is 13.1 Å². The zero-order chi connectivity index (χ0) is 17.5. The molecule has 0 radical (unpaired) electrons. The Balaban J connectivity index is 0.00000243. The Morgan fingerprint density at radius 3 is 2.31 bits per heavy atom. The second-order valence-electron chi connectivity index (χ2n) is 5.89. The Morgan fingerprint density at radius 1 is 1.00 bits per heavy atom. The summed E-state index contributed by atoms with van der Waals surface area (Å²) in [7, 11) is 1.78. The van der Waals surface area contributed by atoms with E-state index < -0.39 is 0 Å². The Hall–Kier alpha value is -2.35. The number of nitrogens with zero attached hydrogens (tertiary/aromatic N) is 3. The van der Waals surface area contributed by atoms with Crippen LogP contribution in [0.4, 0.5) is 0 Å². The summed E-state index contributed by atoms with van der Waals surface area (Å²) in [6.45, 7) is 3.54. The third kappa shape index (κ3) is 5.59. The molecule has 26 heavy (non-hydrogen) atoms. The van der Waals surface area contributed by atoms with E-state index in [1.54, 1.807) is 13.2 Å². The monoisotopic (exact) mass is 461 g/mol. The Bertz CT molecular complexity index is 843. The second kappa shape index (κ2) is 9.96. The molecule has 0 spiro atoms. The van der Waals surface area contributed by atoms with Gasteiger partial charge in [0.2, 0.25) is 0 Å². The first-order valence-corrected chi connectivity index (χ1v) is 8.33. The van der Waals surface area contributed by atoms with Crippen molar-refractivity contribution in [3.8, 4) is 5.69 Å². The minimum Gasteiger partial charge on any atom is -0.352 e. The fourth-order valence-corrected chi connectivity index (χ4v) is 2.64. The molecule has 0 unspecified atom stereocenters. The highest BCUT2D eigenvalue weighted by molar-refractivity contribution is 14.0. The second-order valence-corrected chi connectivity index (χ2v) is 5.89. The van der Waals surface area contributed by atoms with Crippen molar-refractivity contribution in [2.45, 2.75) is 20.0 Å². The summed E-state index contributed by atoms with van der Waals surface area (Å²) in [5.74, 6) is 0.783. The molecule has 0 amide bonds. The number of nitrogens with one attached hydrogen (secondary N) is 2. The van der Waals surface area contributed by atoms with Crippen LogP contribution in [-0.4, -0.2) is 22.8 Å². The molecule has 0 saturated carbocycles. The maximum absolute atomic E-state index is 4.29. The van der Waals surface area contributed by atoms with Crippen LogP contribution in [0.5, 0.6) is 0 Å². The first-order valence-electron chi connectivity index (χ1n) is 8.33. The van der Waals surface area contributed by atoms with Crippen molar-refractivity contribution in [3.05, 3.63) is 83.7 Å². The summed E-state index contributed by atoms with van der Waals surface area (Å²) in [5.41, 5.74) is 4.72. The van der Waals surface area contributed by atoms with Gasteiger partial charge in [-0.15, -0.1) is 24.0 Å². The van der Waals surface area contributed by atoms with Gasteiger partial charge in [-0.1, -0.05) is 42.0 Å². The number of aromatic nitrogens is 2. The summed E-state index contributed by atoms with van der Waals surface area (Å²) in [6.07, 6.45) is 3.72. The smallest absolute Gasteiger partial charge is 0.191 e. The SMILES string of the molecule is CN=C(NCc1cccc(C)c1)NCc1cccc(-n2cccn2)c1.I. The fraction of sp³-hybridized carbons (Fsp3) is 0.200. The number of hydrogen-bond donors (Lipinski definition) is 2. The summed E-state index contributed by atoms with van der Waals surface area (Å²) in [6, 6.07) is 18.7. The van der Waals surface area contributed by atoms with Gasteiger partial charge in [-0.05, 0) is 36.2 Å². The molecule has 1 aromatic heterocycles. The lowest BCUT2D eigenvalue weighted by Gasteiger charge is -2.13.